The van der Waals surface area contributed by atoms with E-state index in [1.807, 2.05) is 55.6 Å². The third kappa shape index (κ3) is 3.43. The molecule has 2 rings (SSSR count). The number of nitrogens with zero attached hydrogens (tertiary/aromatic N) is 1. The number of carbonyl (C=O) groups excluding carboxylic acids is 1. The molecule has 21 heavy (non-hydrogen) atoms. The van der Waals surface area contributed by atoms with Gasteiger partial charge in [0.2, 0.25) is 0 Å². The first-order valence-electron chi connectivity index (χ1n) is 7.37. The monoisotopic (exact) mass is 282 g/mol. The molecule has 0 amide bonds. The van der Waals surface area contributed by atoms with Crippen LogP contribution in [-0.2, 0) is 0 Å². The topological polar surface area (TPSA) is 32.3 Å². The number of benzene rings is 2. The van der Waals surface area contributed by atoms with Crippen LogP contribution in [0.3, 0.4) is 0 Å². The highest BCUT2D eigenvalue weighted by Crippen LogP contribution is 2.18. The van der Waals surface area contributed by atoms with Crippen LogP contribution in [0.4, 0.5) is 11.4 Å². The van der Waals surface area contributed by atoms with Crippen molar-refractivity contribution in [2.75, 3.05) is 30.4 Å². The van der Waals surface area contributed by atoms with Crippen LogP contribution in [0.25, 0.3) is 0 Å². The van der Waals surface area contributed by atoms with E-state index in [9.17, 15) is 4.79 Å². The van der Waals surface area contributed by atoms with E-state index in [1.54, 1.807) is 0 Å². The van der Waals surface area contributed by atoms with Gasteiger partial charge in [-0.15, -0.1) is 0 Å². The molecule has 0 bridgehead atoms. The Morgan fingerprint density at radius 2 is 1.38 bits per heavy atom. The Bertz CT molecular complexity index is 584. The molecule has 0 fully saturated rings. The number of rotatable bonds is 6. The second kappa shape index (κ2) is 6.93. The van der Waals surface area contributed by atoms with Crippen molar-refractivity contribution in [3.63, 3.8) is 0 Å². The maximum absolute atomic E-state index is 12.4. The van der Waals surface area contributed by atoms with Crippen LogP contribution in [0.2, 0.25) is 0 Å². The van der Waals surface area contributed by atoms with Crippen LogP contribution >= 0.6 is 0 Å². The smallest absolute Gasteiger partial charge is 0.193 e. The Morgan fingerprint density at radius 1 is 0.905 bits per heavy atom. The van der Waals surface area contributed by atoms with Crippen molar-refractivity contribution in [2.24, 2.45) is 0 Å². The van der Waals surface area contributed by atoms with Crippen molar-refractivity contribution < 1.29 is 4.79 Å². The maximum Gasteiger partial charge on any atom is 0.193 e. The zero-order valence-electron chi connectivity index (χ0n) is 12.9. The zero-order valence-corrected chi connectivity index (χ0v) is 12.9. The standard InChI is InChI=1S/C18H22N2O/c1-4-20(5-2)17-12-8-15(9-13-17)18(21)14-6-10-16(19-3)11-7-14/h6-13,19H,4-5H2,1-3H3. The lowest BCUT2D eigenvalue weighted by Gasteiger charge is -2.21. The van der Waals surface area contributed by atoms with Gasteiger partial charge in [0.1, 0.15) is 0 Å². The van der Waals surface area contributed by atoms with Gasteiger partial charge in [-0.3, -0.25) is 4.79 Å². The minimum atomic E-state index is 0.0590. The summed E-state index contributed by atoms with van der Waals surface area (Å²) in [5.41, 5.74) is 3.60. The summed E-state index contributed by atoms with van der Waals surface area (Å²) in [5.74, 6) is 0.0590. The third-order valence-corrected chi connectivity index (χ3v) is 3.69. The lowest BCUT2D eigenvalue weighted by atomic mass is 10.0. The Kier molecular flexibility index (Phi) is 4.99. The molecular weight excluding hydrogens is 260 g/mol. The lowest BCUT2D eigenvalue weighted by Crippen LogP contribution is -2.21. The quantitative estimate of drug-likeness (QED) is 0.818. The SMILES string of the molecule is CCN(CC)c1ccc(C(=O)c2ccc(NC)cc2)cc1. The minimum absolute atomic E-state index is 0.0590. The normalized spacial score (nSPS) is 10.2. The van der Waals surface area contributed by atoms with Gasteiger partial charge in [-0.05, 0) is 62.4 Å². The molecule has 0 aromatic heterocycles. The Labute approximate surface area is 126 Å². The summed E-state index contributed by atoms with van der Waals surface area (Å²) in [6.07, 6.45) is 0. The van der Waals surface area contributed by atoms with E-state index in [4.69, 9.17) is 0 Å². The fraction of sp³-hybridized carbons (Fsp3) is 0.278. The van der Waals surface area contributed by atoms with Crippen LogP contribution in [0.5, 0.6) is 0 Å². The first-order valence-corrected chi connectivity index (χ1v) is 7.37. The van der Waals surface area contributed by atoms with Crippen molar-refractivity contribution in [3.8, 4) is 0 Å². The minimum Gasteiger partial charge on any atom is -0.388 e. The Morgan fingerprint density at radius 3 is 1.81 bits per heavy atom. The molecule has 0 unspecified atom stereocenters. The highest BCUT2D eigenvalue weighted by atomic mass is 16.1. The number of ketones is 1. The summed E-state index contributed by atoms with van der Waals surface area (Å²) in [6.45, 7) is 6.20. The van der Waals surface area contributed by atoms with Gasteiger partial charge in [0, 0.05) is 42.6 Å². The molecule has 0 saturated heterocycles. The van der Waals surface area contributed by atoms with Crippen molar-refractivity contribution >= 4 is 17.2 Å². The average molecular weight is 282 g/mol. The van der Waals surface area contributed by atoms with Crippen LogP contribution in [0.15, 0.2) is 48.5 Å². The molecular formula is C18H22N2O. The fourth-order valence-electron chi connectivity index (χ4n) is 2.37. The van der Waals surface area contributed by atoms with Gasteiger partial charge < -0.3 is 10.2 Å². The molecule has 3 nitrogen and oxygen atoms in total. The van der Waals surface area contributed by atoms with Crippen LogP contribution in [0.1, 0.15) is 29.8 Å². The van der Waals surface area contributed by atoms with Gasteiger partial charge in [0.25, 0.3) is 0 Å². The number of nitrogens with one attached hydrogen (secondary N) is 1. The van der Waals surface area contributed by atoms with Gasteiger partial charge >= 0.3 is 0 Å². The van der Waals surface area contributed by atoms with E-state index in [0.29, 0.717) is 5.56 Å². The average Bonchev–Trinajstić information content (AvgIpc) is 2.56. The maximum atomic E-state index is 12.4. The molecule has 0 aliphatic rings. The van der Waals surface area contributed by atoms with Gasteiger partial charge in [-0.1, -0.05) is 0 Å². The summed E-state index contributed by atoms with van der Waals surface area (Å²) >= 11 is 0. The van der Waals surface area contributed by atoms with Gasteiger partial charge in [-0.25, -0.2) is 0 Å². The van der Waals surface area contributed by atoms with Crippen LogP contribution in [0, 0.1) is 0 Å². The molecule has 2 aromatic carbocycles. The second-order valence-corrected chi connectivity index (χ2v) is 4.88. The predicted octanol–water partition coefficient (Wildman–Crippen LogP) is 3.81. The van der Waals surface area contributed by atoms with Crippen molar-refractivity contribution in [1.29, 1.82) is 0 Å². The molecule has 1 N–H and O–H groups in total. The number of carbonyl (C=O) groups is 1. The largest absolute Gasteiger partial charge is 0.388 e. The van der Waals surface area contributed by atoms with Crippen molar-refractivity contribution in [3.05, 3.63) is 59.7 Å². The number of hydrogen-bond acceptors (Lipinski definition) is 3. The van der Waals surface area contributed by atoms with Crippen molar-refractivity contribution in [1.82, 2.24) is 0 Å². The molecule has 110 valence electrons. The van der Waals surface area contributed by atoms with Crippen LogP contribution < -0.4 is 10.2 Å². The summed E-state index contributed by atoms with van der Waals surface area (Å²) in [4.78, 5) is 14.7. The highest BCUT2D eigenvalue weighted by Gasteiger charge is 2.09. The highest BCUT2D eigenvalue weighted by molar-refractivity contribution is 6.09. The first kappa shape index (κ1) is 15.1. The lowest BCUT2D eigenvalue weighted by molar-refractivity contribution is 0.103. The molecule has 0 spiro atoms. The number of anilines is 2. The van der Waals surface area contributed by atoms with Gasteiger partial charge in [-0.2, -0.15) is 0 Å². The van der Waals surface area contributed by atoms with E-state index in [2.05, 4.69) is 24.1 Å². The summed E-state index contributed by atoms with van der Waals surface area (Å²) in [6, 6.07) is 15.4. The first-order chi connectivity index (χ1) is 10.2. The molecule has 2 aromatic rings. The summed E-state index contributed by atoms with van der Waals surface area (Å²) in [7, 11) is 1.86. The van der Waals surface area contributed by atoms with E-state index in [0.717, 1.165) is 30.0 Å². The third-order valence-electron chi connectivity index (χ3n) is 3.69. The second-order valence-electron chi connectivity index (χ2n) is 4.88. The van der Waals surface area contributed by atoms with E-state index in [1.165, 1.54) is 0 Å². The molecule has 0 aliphatic heterocycles. The molecule has 0 aliphatic carbocycles. The Hall–Kier alpha value is -2.29. The summed E-state index contributed by atoms with van der Waals surface area (Å²) in [5, 5.41) is 3.05. The number of hydrogen-bond donors (Lipinski definition) is 1. The van der Waals surface area contributed by atoms with E-state index < -0.39 is 0 Å². The predicted molar refractivity (Wildman–Crippen MR) is 89.4 cm³/mol. The Balaban J connectivity index is 2.19. The summed E-state index contributed by atoms with van der Waals surface area (Å²) < 4.78 is 0. The molecule has 0 heterocycles. The van der Waals surface area contributed by atoms with E-state index >= 15 is 0 Å². The molecule has 0 atom stereocenters. The van der Waals surface area contributed by atoms with Gasteiger partial charge in [0.05, 0.1) is 0 Å². The zero-order chi connectivity index (χ0) is 15.2. The van der Waals surface area contributed by atoms with E-state index in [-0.39, 0.29) is 5.78 Å². The fourth-order valence-corrected chi connectivity index (χ4v) is 2.37. The molecule has 3 heteroatoms. The van der Waals surface area contributed by atoms with Crippen molar-refractivity contribution in [2.45, 2.75) is 13.8 Å². The van der Waals surface area contributed by atoms with Gasteiger partial charge in [0.15, 0.2) is 5.78 Å². The molecule has 0 radical (unpaired) electrons. The van der Waals surface area contributed by atoms with Crippen LogP contribution in [-0.4, -0.2) is 25.9 Å². The molecule has 0 saturated carbocycles.